The van der Waals surface area contributed by atoms with Crippen LogP contribution in [0.25, 0.3) is 10.9 Å². The molecular weight excluding hydrogens is 388 g/mol. The Labute approximate surface area is 182 Å². The third-order valence-electron chi connectivity index (χ3n) is 6.61. The number of fused-ring (bicyclic) bond motifs is 1. The van der Waals surface area contributed by atoms with Gasteiger partial charge in [0.1, 0.15) is 5.82 Å². The molecule has 0 saturated carbocycles. The molecule has 0 radical (unpaired) electrons. The fourth-order valence-corrected chi connectivity index (χ4v) is 4.82. The summed E-state index contributed by atoms with van der Waals surface area (Å²) in [6.45, 7) is 6.29. The number of nitrogens with one attached hydrogen (secondary N) is 3. The summed E-state index contributed by atoms with van der Waals surface area (Å²) in [4.78, 5) is 25.5. The average molecular weight is 419 g/mol. The molecule has 3 aromatic rings. The first-order valence-electron chi connectivity index (χ1n) is 11.2. The first-order valence-corrected chi connectivity index (χ1v) is 11.2. The molecule has 0 aliphatic carbocycles. The highest BCUT2D eigenvalue weighted by Gasteiger charge is 2.24. The molecule has 0 spiro atoms. The molecule has 2 aliphatic rings. The molecule has 5 rings (SSSR count). The van der Waals surface area contributed by atoms with Gasteiger partial charge >= 0.3 is 0 Å². The van der Waals surface area contributed by atoms with Gasteiger partial charge in [-0.15, -0.1) is 0 Å². The molecule has 2 saturated heterocycles. The molecule has 2 aliphatic heterocycles. The van der Waals surface area contributed by atoms with Gasteiger partial charge in [0, 0.05) is 66.3 Å². The van der Waals surface area contributed by atoms with Gasteiger partial charge in [0.25, 0.3) is 5.91 Å². The fraction of sp³-hybridized carbons (Fsp3) is 0.417. The third-order valence-corrected chi connectivity index (χ3v) is 6.61. The van der Waals surface area contributed by atoms with E-state index in [0.29, 0.717) is 23.5 Å². The standard InChI is InChI=1S/C24H30N6O/c1-16-14-25-9-11-30(16)19-7-5-17(6-8-19)24(31)28-23-13-20-18(15-26-23)12-21(27-20)22-4-3-10-29(22)2/h5-8,12-13,15-16,22,25,27H,3-4,9-11,14H2,1-2H3,(H,26,28,31)/t16-,22-/m1/s1. The number of anilines is 2. The summed E-state index contributed by atoms with van der Waals surface area (Å²) in [6, 6.07) is 12.8. The Morgan fingerprint density at radius 1 is 1.19 bits per heavy atom. The van der Waals surface area contributed by atoms with Crippen molar-refractivity contribution in [3.8, 4) is 0 Å². The van der Waals surface area contributed by atoms with E-state index in [0.717, 1.165) is 42.8 Å². The molecule has 31 heavy (non-hydrogen) atoms. The van der Waals surface area contributed by atoms with Crippen LogP contribution in [0.3, 0.4) is 0 Å². The van der Waals surface area contributed by atoms with E-state index in [1.54, 1.807) is 0 Å². The maximum absolute atomic E-state index is 12.8. The van der Waals surface area contributed by atoms with Crippen molar-refractivity contribution in [2.24, 2.45) is 0 Å². The van der Waals surface area contributed by atoms with E-state index in [2.05, 4.69) is 50.4 Å². The van der Waals surface area contributed by atoms with Crippen molar-refractivity contribution in [2.75, 3.05) is 43.4 Å². The first-order chi connectivity index (χ1) is 15.1. The summed E-state index contributed by atoms with van der Waals surface area (Å²) in [5.41, 5.74) is 4.01. The van der Waals surface area contributed by atoms with E-state index in [1.165, 1.54) is 18.5 Å². The number of aromatic amines is 1. The summed E-state index contributed by atoms with van der Waals surface area (Å²) in [6.07, 6.45) is 4.22. The van der Waals surface area contributed by atoms with E-state index in [1.807, 2.05) is 36.5 Å². The van der Waals surface area contributed by atoms with Gasteiger partial charge in [0.05, 0.1) is 5.52 Å². The van der Waals surface area contributed by atoms with Gasteiger partial charge < -0.3 is 20.5 Å². The Hall–Kier alpha value is -2.90. The molecule has 7 nitrogen and oxygen atoms in total. The summed E-state index contributed by atoms with van der Waals surface area (Å²) in [5.74, 6) is 0.416. The van der Waals surface area contributed by atoms with Crippen LogP contribution in [0.5, 0.6) is 0 Å². The maximum Gasteiger partial charge on any atom is 0.256 e. The molecule has 3 N–H and O–H groups in total. The summed E-state index contributed by atoms with van der Waals surface area (Å²) in [5, 5.41) is 7.42. The minimum atomic E-state index is -0.144. The molecule has 7 heteroatoms. The average Bonchev–Trinajstić information content (AvgIpc) is 3.39. The van der Waals surface area contributed by atoms with Crippen LogP contribution in [0, 0.1) is 0 Å². The minimum Gasteiger partial charge on any atom is -0.366 e. The highest BCUT2D eigenvalue weighted by Crippen LogP contribution is 2.32. The number of hydrogen-bond acceptors (Lipinski definition) is 5. The van der Waals surface area contributed by atoms with Crippen molar-refractivity contribution in [3.05, 3.63) is 53.9 Å². The van der Waals surface area contributed by atoms with Crippen LogP contribution in [-0.2, 0) is 0 Å². The van der Waals surface area contributed by atoms with Crippen molar-refractivity contribution >= 4 is 28.3 Å². The van der Waals surface area contributed by atoms with Gasteiger partial charge in [-0.1, -0.05) is 0 Å². The molecule has 1 aromatic carbocycles. The first kappa shape index (κ1) is 20.0. The van der Waals surface area contributed by atoms with Crippen molar-refractivity contribution in [3.63, 3.8) is 0 Å². The second-order valence-corrected chi connectivity index (χ2v) is 8.77. The fourth-order valence-electron chi connectivity index (χ4n) is 4.82. The third kappa shape index (κ3) is 4.03. The van der Waals surface area contributed by atoms with E-state index in [4.69, 9.17) is 0 Å². The predicted octanol–water partition coefficient (Wildman–Crippen LogP) is 3.38. The molecule has 2 aromatic heterocycles. The number of carbonyl (C=O) groups is 1. The van der Waals surface area contributed by atoms with E-state index in [-0.39, 0.29) is 5.91 Å². The lowest BCUT2D eigenvalue weighted by Crippen LogP contribution is -2.49. The summed E-state index contributed by atoms with van der Waals surface area (Å²) < 4.78 is 0. The molecule has 2 atom stereocenters. The minimum absolute atomic E-state index is 0.144. The maximum atomic E-state index is 12.8. The number of hydrogen-bond donors (Lipinski definition) is 3. The number of carbonyl (C=O) groups excluding carboxylic acids is 1. The number of piperazine rings is 1. The SMILES string of the molecule is C[C@@H]1CNCCN1c1ccc(C(=O)Nc2cc3[nH]c([C@H]4CCCN4C)cc3cn2)cc1. The topological polar surface area (TPSA) is 76.3 Å². The van der Waals surface area contributed by atoms with Crippen LogP contribution in [-0.4, -0.2) is 60.0 Å². The molecule has 2 fully saturated rings. The number of likely N-dealkylation sites (tertiary alicyclic amines) is 1. The molecule has 4 heterocycles. The summed E-state index contributed by atoms with van der Waals surface area (Å²) in [7, 11) is 2.17. The molecular formula is C24H30N6O. The van der Waals surface area contributed by atoms with E-state index in [9.17, 15) is 4.79 Å². The Morgan fingerprint density at radius 2 is 2.03 bits per heavy atom. The normalized spacial score (nSPS) is 22.2. The predicted molar refractivity (Wildman–Crippen MR) is 125 cm³/mol. The zero-order valence-corrected chi connectivity index (χ0v) is 18.2. The lowest BCUT2D eigenvalue weighted by atomic mass is 10.1. The van der Waals surface area contributed by atoms with E-state index >= 15 is 0 Å². The van der Waals surface area contributed by atoms with Crippen LogP contribution in [0.15, 0.2) is 42.6 Å². The van der Waals surface area contributed by atoms with E-state index < -0.39 is 0 Å². The molecule has 0 unspecified atom stereocenters. The number of H-pyrrole nitrogens is 1. The lowest BCUT2D eigenvalue weighted by molar-refractivity contribution is 0.102. The zero-order valence-electron chi connectivity index (χ0n) is 18.2. The van der Waals surface area contributed by atoms with Gasteiger partial charge in [0.2, 0.25) is 0 Å². The molecule has 1 amide bonds. The number of amides is 1. The van der Waals surface area contributed by atoms with Crippen molar-refractivity contribution in [2.45, 2.75) is 31.8 Å². The number of rotatable bonds is 4. The summed E-state index contributed by atoms with van der Waals surface area (Å²) >= 11 is 0. The van der Waals surface area contributed by atoms with Gasteiger partial charge in [-0.05, 0) is 63.7 Å². The molecule has 162 valence electrons. The Bertz CT molecular complexity index is 1080. The van der Waals surface area contributed by atoms with Gasteiger partial charge in [0.15, 0.2) is 0 Å². The Kier molecular flexibility index (Phi) is 5.38. The monoisotopic (exact) mass is 418 g/mol. The van der Waals surface area contributed by atoms with Crippen molar-refractivity contribution in [1.29, 1.82) is 0 Å². The van der Waals surface area contributed by atoms with Gasteiger partial charge in [-0.25, -0.2) is 4.98 Å². The van der Waals surface area contributed by atoms with Crippen molar-refractivity contribution < 1.29 is 4.79 Å². The second kappa shape index (κ2) is 8.32. The van der Waals surface area contributed by atoms with Crippen LogP contribution >= 0.6 is 0 Å². The number of pyridine rings is 1. The zero-order chi connectivity index (χ0) is 21.4. The smallest absolute Gasteiger partial charge is 0.256 e. The largest absolute Gasteiger partial charge is 0.366 e. The Balaban J connectivity index is 1.29. The van der Waals surface area contributed by atoms with Crippen LogP contribution in [0.1, 0.15) is 41.9 Å². The van der Waals surface area contributed by atoms with Crippen LogP contribution in [0.2, 0.25) is 0 Å². The lowest BCUT2D eigenvalue weighted by Gasteiger charge is -2.35. The van der Waals surface area contributed by atoms with Gasteiger partial charge in [-0.3, -0.25) is 9.69 Å². The Morgan fingerprint density at radius 3 is 2.77 bits per heavy atom. The quantitative estimate of drug-likeness (QED) is 0.606. The van der Waals surface area contributed by atoms with Crippen LogP contribution < -0.4 is 15.5 Å². The van der Waals surface area contributed by atoms with Crippen LogP contribution in [0.4, 0.5) is 11.5 Å². The second-order valence-electron chi connectivity index (χ2n) is 8.77. The van der Waals surface area contributed by atoms with Crippen molar-refractivity contribution in [1.82, 2.24) is 20.2 Å². The highest BCUT2D eigenvalue weighted by molar-refractivity contribution is 6.04. The number of nitrogens with zero attached hydrogens (tertiary/aromatic N) is 3. The number of aromatic nitrogens is 2. The molecule has 0 bridgehead atoms. The highest BCUT2D eigenvalue weighted by atomic mass is 16.1. The van der Waals surface area contributed by atoms with Gasteiger partial charge in [-0.2, -0.15) is 0 Å². The number of benzene rings is 1.